The van der Waals surface area contributed by atoms with Crippen LogP contribution in [0.2, 0.25) is 0 Å². The van der Waals surface area contributed by atoms with Crippen molar-refractivity contribution in [2.24, 2.45) is 0 Å². The molecule has 0 aliphatic rings. The summed E-state index contributed by atoms with van der Waals surface area (Å²) in [4.78, 5) is 0. The second-order valence-corrected chi connectivity index (χ2v) is 4.34. The first-order valence-electron chi connectivity index (χ1n) is 6.31. The molecule has 0 atom stereocenters. The van der Waals surface area contributed by atoms with Gasteiger partial charge in [-0.1, -0.05) is 6.92 Å². The Morgan fingerprint density at radius 2 is 2.10 bits per heavy atom. The van der Waals surface area contributed by atoms with Crippen molar-refractivity contribution >= 4 is 10.9 Å². The summed E-state index contributed by atoms with van der Waals surface area (Å²) in [5, 5.41) is 15.0. The van der Waals surface area contributed by atoms with Gasteiger partial charge in [-0.15, -0.1) is 5.10 Å². The Bertz CT molecular complexity index is 716. The number of H-pyrrole nitrogens is 1. The Morgan fingerprint density at radius 1 is 1.30 bits per heavy atom. The minimum absolute atomic E-state index is 0. The topological polar surface area (TPSA) is 94.4 Å². The first-order valence-corrected chi connectivity index (χ1v) is 6.31. The summed E-state index contributed by atoms with van der Waals surface area (Å²) in [7, 11) is 0. The number of rotatable bonds is 3. The summed E-state index contributed by atoms with van der Waals surface area (Å²) >= 11 is 0. The Morgan fingerprint density at radius 3 is 2.70 bits per heavy atom. The molecule has 0 aliphatic heterocycles. The molecular formula is C13H17FN6. The van der Waals surface area contributed by atoms with Gasteiger partial charge in [0.15, 0.2) is 5.82 Å². The van der Waals surface area contributed by atoms with Crippen LogP contribution in [0.4, 0.5) is 4.39 Å². The molecule has 0 bridgehead atoms. The lowest BCUT2D eigenvalue weighted by molar-refractivity contribution is 0.629. The molecule has 0 fully saturated rings. The molecule has 20 heavy (non-hydrogen) atoms. The Labute approximate surface area is 115 Å². The molecule has 2 aromatic heterocycles. The number of hydrogen-bond donors (Lipinski definition) is 2. The summed E-state index contributed by atoms with van der Waals surface area (Å²) in [5.41, 5.74) is 3.01. The van der Waals surface area contributed by atoms with Gasteiger partial charge < -0.3 is 10.7 Å². The number of halogens is 1. The molecule has 2 heterocycles. The lowest BCUT2D eigenvalue weighted by atomic mass is 10.1. The van der Waals surface area contributed by atoms with E-state index in [1.165, 1.54) is 6.07 Å². The van der Waals surface area contributed by atoms with Gasteiger partial charge in [0.05, 0.1) is 5.69 Å². The summed E-state index contributed by atoms with van der Waals surface area (Å²) in [6.45, 7) is 4.88. The van der Waals surface area contributed by atoms with Crippen molar-refractivity contribution in [2.45, 2.75) is 26.8 Å². The van der Waals surface area contributed by atoms with Crippen LogP contribution in [-0.4, -0.2) is 25.2 Å². The molecule has 3 rings (SSSR count). The average molecular weight is 276 g/mol. The van der Waals surface area contributed by atoms with Crippen LogP contribution in [0.3, 0.4) is 0 Å². The van der Waals surface area contributed by atoms with E-state index in [-0.39, 0.29) is 12.0 Å². The third-order valence-corrected chi connectivity index (χ3v) is 3.37. The lowest BCUT2D eigenvalue weighted by Crippen LogP contribution is -1.99. The highest BCUT2D eigenvalue weighted by Crippen LogP contribution is 2.32. The SMILES string of the molecule is CCc1c(-c2nnn[nH]2)n(CC)c2ccc(F)cc12.N. The van der Waals surface area contributed by atoms with Gasteiger partial charge in [-0.05, 0) is 47.5 Å². The minimum atomic E-state index is -0.224. The molecule has 0 spiro atoms. The first-order chi connectivity index (χ1) is 9.26. The first kappa shape index (κ1) is 14.1. The Kier molecular flexibility index (Phi) is 3.80. The number of fused-ring (bicyclic) bond motifs is 1. The van der Waals surface area contributed by atoms with Crippen LogP contribution < -0.4 is 6.15 Å². The predicted octanol–water partition coefficient (Wildman–Crippen LogP) is 2.70. The third kappa shape index (κ3) is 1.96. The fraction of sp³-hybridized carbons (Fsp3) is 0.308. The van der Waals surface area contributed by atoms with E-state index >= 15 is 0 Å². The summed E-state index contributed by atoms with van der Waals surface area (Å²) in [6, 6.07) is 4.87. The standard InChI is InChI=1S/C13H14FN5.H3N/c1-3-9-10-7-8(14)5-6-11(10)19(4-2)12(9)13-15-17-18-16-13;/h5-7H,3-4H2,1-2H3,(H,15,16,17,18);1H3. The lowest BCUT2D eigenvalue weighted by Gasteiger charge is -2.05. The number of aromatic nitrogens is 5. The van der Waals surface area contributed by atoms with Crippen LogP contribution in [0.5, 0.6) is 0 Å². The fourth-order valence-electron chi connectivity index (χ4n) is 2.61. The van der Waals surface area contributed by atoms with Crippen LogP contribution in [0, 0.1) is 5.82 Å². The van der Waals surface area contributed by atoms with E-state index in [0.29, 0.717) is 5.82 Å². The number of benzene rings is 1. The van der Waals surface area contributed by atoms with Crippen molar-refractivity contribution in [3.05, 3.63) is 29.6 Å². The minimum Gasteiger partial charge on any atom is -0.344 e. The van der Waals surface area contributed by atoms with Crippen molar-refractivity contribution < 1.29 is 4.39 Å². The molecule has 0 unspecified atom stereocenters. The normalized spacial score (nSPS) is 10.8. The van der Waals surface area contributed by atoms with E-state index in [1.54, 1.807) is 12.1 Å². The summed E-state index contributed by atoms with van der Waals surface area (Å²) in [5.74, 6) is 0.396. The van der Waals surface area contributed by atoms with E-state index in [2.05, 4.69) is 32.1 Å². The second kappa shape index (κ2) is 5.38. The number of hydrogen-bond acceptors (Lipinski definition) is 4. The van der Waals surface area contributed by atoms with E-state index in [4.69, 9.17) is 0 Å². The smallest absolute Gasteiger partial charge is 0.196 e. The summed E-state index contributed by atoms with van der Waals surface area (Å²) in [6.07, 6.45) is 0.795. The van der Waals surface area contributed by atoms with Crippen molar-refractivity contribution in [1.82, 2.24) is 31.3 Å². The van der Waals surface area contributed by atoms with Gasteiger partial charge in [0.1, 0.15) is 5.82 Å². The molecule has 3 aromatic rings. The van der Waals surface area contributed by atoms with Crippen molar-refractivity contribution in [1.29, 1.82) is 0 Å². The molecule has 7 heteroatoms. The largest absolute Gasteiger partial charge is 0.344 e. The maximum atomic E-state index is 13.5. The molecule has 0 saturated heterocycles. The fourth-order valence-corrected chi connectivity index (χ4v) is 2.61. The van der Waals surface area contributed by atoms with Gasteiger partial charge in [-0.2, -0.15) is 0 Å². The van der Waals surface area contributed by atoms with E-state index in [1.807, 2.05) is 6.92 Å². The zero-order valence-electron chi connectivity index (χ0n) is 11.5. The molecule has 0 radical (unpaired) electrons. The van der Waals surface area contributed by atoms with Gasteiger partial charge in [0, 0.05) is 17.4 Å². The second-order valence-electron chi connectivity index (χ2n) is 4.34. The number of tetrazole rings is 1. The highest BCUT2D eigenvalue weighted by molar-refractivity contribution is 5.90. The highest BCUT2D eigenvalue weighted by Gasteiger charge is 2.19. The van der Waals surface area contributed by atoms with Crippen molar-refractivity contribution in [2.75, 3.05) is 0 Å². The van der Waals surface area contributed by atoms with E-state index < -0.39 is 0 Å². The van der Waals surface area contributed by atoms with Gasteiger partial charge in [-0.25, -0.2) is 9.49 Å². The molecule has 106 valence electrons. The summed E-state index contributed by atoms with van der Waals surface area (Å²) < 4.78 is 15.6. The third-order valence-electron chi connectivity index (χ3n) is 3.37. The Balaban J connectivity index is 0.00000147. The highest BCUT2D eigenvalue weighted by atomic mass is 19.1. The number of nitrogens with zero attached hydrogens (tertiary/aromatic N) is 4. The molecule has 1 aromatic carbocycles. The molecule has 6 nitrogen and oxygen atoms in total. The van der Waals surface area contributed by atoms with Crippen LogP contribution in [0.1, 0.15) is 19.4 Å². The molecule has 0 amide bonds. The number of nitrogens with one attached hydrogen (secondary N) is 1. The average Bonchev–Trinajstić information content (AvgIpc) is 3.02. The molecule has 0 aliphatic carbocycles. The van der Waals surface area contributed by atoms with Gasteiger partial charge >= 0.3 is 0 Å². The molecule has 4 N–H and O–H groups in total. The monoisotopic (exact) mass is 276 g/mol. The number of aromatic amines is 1. The molecular weight excluding hydrogens is 259 g/mol. The zero-order valence-corrected chi connectivity index (χ0v) is 11.5. The number of aryl methyl sites for hydroxylation is 2. The van der Waals surface area contributed by atoms with E-state index in [9.17, 15) is 4.39 Å². The van der Waals surface area contributed by atoms with Crippen LogP contribution in [0.15, 0.2) is 18.2 Å². The Hall–Kier alpha value is -2.28. The predicted molar refractivity (Wildman–Crippen MR) is 75.1 cm³/mol. The van der Waals surface area contributed by atoms with Crippen LogP contribution in [0.25, 0.3) is 22.4 Å². The van der Waals surface area contributed by atoms with E-state index in [0.717, 1.165) is 35.1 Å². The van der Waals surface area contributed by atoms with Crippen molar-refractivity contribution in [3.8, 4) is 11.5 Å². The van der Waals surface area contributed by atoms with Crippen LogP contribution >= 0.6 is 0 Å². The van der Waals surface area contributed by atoms with Gasteiger partial charge in [0.25, 0.3) is 0 Å². The quantitative estimate of drug-likeness (QED) is 0.769. The van der Waals surface area contributed by atoms with Crippen molar-refractivity contribution in [3.63, 3.8) is 0 Å². The zero-order chi connectivity index (χ0) is 13.4. The van der Waals surface area contributed by atoms with Gasteiger partial charge in [-0.3, -0.25) is 0 Å². The van der Waals surface area contributed by atoms with Crippen LogP contribution in [-0.2, 0) is 13.0 Å². The van der Waals surface area contributed by atoms with Gasteiger partial charge in [0.2, 0.25) is 0 Å². The molecule has 0 saturated carbocycles. The maximum Gasteiger partial charge on any atom is 0.196 e. The maximum absolute atomic E-state index is 13.5.